The van der Waals surface area contributed by atoms with Crippen LogP contribution in [0.3, 0.4) is 0 Å². The first-order valence-corrected chi connectivity index (χ1v) is 6.02. The van der Waals surface area contributed by atoms with Gasteiger partial charge < -0.3 is 5.11 Å². The molecule has 91 valence electrons. The molecule has 0 bridgehead atoms. The van der Waals surface area contributed by atoms with E-state index in [2.05, 4.69) is 0 Å². The van der Waals surface area contributed by atoms with Crippen molar-refractivity contribution < 1.29 is 42.6 Å². The Labute approximate surface area is 129 Å². The average Bonchev–Trinajstić information content (AvgIpc) is 2.31. The minimum atomic E-state index is 0. The summed E-state index contributed by atoms with van der Waals surface area (Å²) in [6.07, 6.45) is 5.64. The predicted molar refractivity (Wildman–Crippen MR) is 65.6 cm³/mol. The molecule has 0 saturated heterocycles. The Bertz CT molecular complexity index is 319. The van der Waals surface area contributed by atoms with Gasteiger partial charge in [-0.25, -0.2) is 0 Å². The van der Waals surface area contributed by atoms with Gasteiger partial charge in [0.25, 0.3) is 0 Å². The molecule has 0 saturated carbocycles. The molecule has 0 aliphatic rings. The summed E-state index contributed by atoms with van der Waals surface area (Å²) in [6, 6.07) is 7.34. The van der Waals surface area contributed by atoms with E-state index in [1.807, 2.05) is 19.1 Å². The molecular formula is C14H20O2Y. The molecule has 1 radical (unpaired) electrons. The number of carbonyl (C=O) groups excluding carboxylic acids is 1. The van der Waals surface area contributed by atoms with E-state index in [-0.39, 0.29) is 32.7 Å². The summed E-state index contributed by atoms with van der Waals surface area (Å²) in [5, 5.41) is 9.12. The molecule has 17 heavy (non-hydrogen) atoms. The predicted octanol–water partition coefficient (Wildman–Crippen LogP) is 3.47. The number of aryl methyl sites for hydroxylation is 1. The largest absolute Gasteiger partial charge is 0.508 e. The molecule has 0 spiro atoms. The fraction of sp³-hybridized carbons (Fsp3) is 0.500. The van der Waals surface area contributed by atoms with E-state index in [0.29, 0.717) is 18.0 Å². The van der Waals surface area contributed by atoms with E-state index in [1.54, 1.807) is 12.1 Å². The maximum atomic E-state index is 11.1. The van der Waals surface area contributed by atoms with Crippen molar-refractivity contribution in [1.29, 1.82) is 0 Å². The van der Waals surface area contributed by atoms with Gasteiger partial charge in [0.2, 0.25) is 0 Å². The van der Waals surface area contributed by atoms with Crippen molar-refractivity contribution in [3.05, 3.63) is 29.8 Å². The molecule has 0 fully saturated rings. The monoisotopic (exact) mass is 309 g/mol. The maximum Gasteiger partial charge on any atom is 0.132 e. The van der Waals surface area contributed by atoms with Crippen LogP contribution in [-0.2, 0) is 43.9 Å². The fourth-order valence-corrected chi connectivity index (χ4v) is 1.67. The van der Waals surface area contributed by atoms with E-state index in [1.165, 1.54) is 5.56 Å². The first kappa shape index (κ1) is 16.8. The van der Waals surface area contributed by atoms with Crippen molar-refractivity contribution in [1.82, 2.24) is 0 Å². The number of ketones is 1. The van der Waals surface area contributed by atoms with Gasteiger partial charge in [-0.2, -0.15) is 0 Å². The SMILES string of the molecule is CCC(=O)CCCCCc1ccc(O)cc1.[Y]. The van der Waals surface area contributed by atoms with E-state index in [0.717, 1.165) is 32.1 Å². The average molecular weight is 309 g/mol. The summed E-state index contributed by atoms with van der Waals surface area (Å²) in [7, 11) is 0. The molecule has 0 amide bonds. The molecule has 1 N–H and O–H groups in total. The molecular weight excluding hydrogens is 289 g/mol. The Kier molecular flexibility index (Phi) is 9.67. The van der Waals surface area contributed by atoms with Crippen molar-refractivity contribution in [2.24, 2.45) is 0 Å². The minimum absolute atomic E-state index is 0. The quantitative estimate of drug-likeness (QED) is 0.783. The van der Waals surface area contributed by atoms with Gasteiger partial charge in [-0.15, -0.1) is 0 Å². The third-order valence-electron chi connectivity index (χ3n) is 2.75. The molecule has 0 aliphatic carbocycles. The second-order valence-corrected chi connectivity index (χ2v) is 4.12. The summed E-state index contributed by atoms with van der Waals surface area (Å²) in [5.74, 6) is 0.682. The van der Waals surface area contributed by atoms with Crippen LogP contribution in [0.25, 0.3) is 0 Å². The Hall–Kier alpha value is -0.206. The van der Waals surface area contributed by atoms with Gasteiger partial charge in [-0.05, 0) is 37.0 Å². The summed E-state index contributed by atoms with van der Waals surface area (Å²) in [6.45, 7) is 1.92. The first-order chi connectivity index (χ1) is 7.72. The number of phenols is 1. The van der Waals surface area contributed by atoms with Gasteiger partial charge in [0.05, 0.1) is 0 Å². The number of Topliss-reactive ketones (excluding diaryl/α,β-unsaturated/α-hetero) is 1. The van der Waals surface area contributed by atoms with E-state index < -0.39 is 0 Å². The van der Waals surface area contributed by atoms with Gasteiger partial charge in [0.1, 0.15) is 11.5 Å². The van der Waals surface area contributed by atoms with Crippen LogP contribution in [0.4, 0.5) is 0 Å². The van der Waals surface area contributed by atoms with Gasteiger partial charge in [-0.1, -0.05) is 25.5 Å². The number of rotatable bonds is 7. The number of unbranched alkanes of at least 4 members (excludes halogenated alkanes) is 2. The second kappa shape index (κ2) is 9.79. The summed E-state index contributed by atoms with van der Waals surface area (Å²) < 4.78 is 0. The van der Waals surface area contributed by atoms with Gasteiger partial charge >= 0.3 is 0 Å². The number of phenolic OH excluding ortho intramolecular Hbond substituents is 1. The van der Waals surface area contributed by atoms with Gasteiger partial charge in [0.15, 0.2) is 0 Å². The molecule has 1 aromatic carbocycles. The number of benzene rings is 1. The molecule has 0 atom stereocenters. The number of hydrogen-bond donors (Lipinski definition) is 1. The summed E-state index contributed by atoms with van der Waals surface area (Å²) in [5.41, 5.74) is 1.25. The molecule has 0 aromatic heterocycles. The number of aromatic hydroxyl groups is 1. The normalized spacial score (nSPS) is 9.71. The minimum Gasteiger partial charge on any atom is -0.508 e. The maximum absolute atomic E-state index is 11.1. The first-order valence-electron chi connectivity index (χ1n) is 6.02. The third-order valence-corrected chi connectivity index (χ3v) is 2.75. The van der Waals surface area contributed by atoms with Crippen LogP contribution in [0, 0.1) is 0 Å². The zero-order valence-electron chi connectivity index (χ0n) is 10.5. The Balaban J connectivity index is 0.00000256. The van der Waals surface area contributed by atoms with Gasteiger partial charge in [0, 0.05) is 45.6 Å². The van der Waals surface area contributed by atoms with Crippen molar-refractivity contribution in [3.8, 4) is 5.75 Å². The van der Waals surface area contributed by atoms with Crippen LogP contribution in [-0.4, -0.2) is 10.9 Å². The molecule has 3 heteroatoms. The number of carbonyl (C=O) groups is 1. The van der Waals surface area contributed by atoms with E-state index >= 15 is 0 Å². The molecule has 0 heterocycles. The third kappa shape index (κ3) is 7.67. The Morgan fingerprint density at radius 3 is 2.35 bits per heavy atom. The Morgan fingerprint density at radius 1 is 1.12 bits per heavy atom. The fourth-order valence-electron chi connectivity index (χ4n) is 1.67. The van der Waals surface area contributed by atoms with Crippen LogP contribution < -0.4 is 0 Å². The van der Waals surface area contributed by atoms with Crippen LogP contribution in [0.5, 0.6) is 5.75 Å². The van der Waals surface area contributed by atoms with Crippen molar-refractivity contribution in [3.63, 3.8) is 0 Å². The molecule has 0 aliphatic heterocycles. The second-order valence-electron chi connectivity index (χ2n) is 4.12. The smallest absolute Gasteiger partial charge is 0.132 e. The summed E-state index contributed by atoms with van der Waals surface area (Å²) >= 11 is 0. The molecule has 1 rings (SSSR count). The zero-order valence-corrected chi connectivity index (χ0v) is 13.3. The molecule has 1 aromatic rings. The van der Waals surface area contributed by atoms with Crippen LogP contribution in [0.1, 0.15) is 44.6 Å². The van der Waals surface area contributed by atoms with Crippen molar-refractivity contribution >= 4 is 5.78 Å². The van der Waals surface area contributed by atoms with E-state index in [4.69, 9.17) is 5.11 Å². The zero-order chi connectivity index (χ0) is 11.8. The molecule has 0 unspecified atom stereocenters. The Morgan fingerprint density at radius 2 is 1.76 bits per heavy atom. The van der Waals surface area contributed by atoms with Crippen LogP contribution in [0.15, 0.2) is 24.3 Å². The van der Waals surface area contributed by atoms with Gasteiger partial charge in [-0.3, -0.25) is 4.79 Å². The van der Waals surface area contributed by atoms with Crippen molar-refractivity contribution in [2.45, 2.75) is 45.4 Å². The number of hydrogen-bond acceptors (Lipinski definition) is 2. The van der Waals surface area contributed by atoms with E-state index in [9.17, 15) is 4.79 Å². The summed E-state index contributed by atoms with van der Waals surface area (Å²) in [4.78, 5) is 11.1. The van der Waals surface area contributed by atoms with Crippen molar-refractivity contribution in [2.75, 3.05) is 0 Å². The van der Waals surface area contributed by atoms with Crippen LogP contribution >= 0.6 is 0 Å². The standard InChI is InChI=1S/C14H20O2.Y/c1-2-13(15)7-5-3-4-6-12-8-10-14(16)11-9-12;/h8-11,16H,2-7H2,1H3;. The van der Waals surface area contributed by atoms with Crippen LogP contribution in [0.2, 0.25) is 0 Å². The molecule has 2 nitrogen and oxygen atoms in total. The topological polar surface area (TPSA) is 37.3 Å².